The predicted octanol–water partition coefficient (Wildman–Crippen LogP) is 4.29. The van der Waals surface area contributed by atoms with Crippen molar-refractivity contribution in [1.82, 2.24) is 0 Å². The molecule has 0 atom stereocenters. The van der Waals surface area contributed by atoms with E-state index in [0.29, 0.717) is 13.0 Å². The van der Waals surface area contributed by atoms with E-state index in [-0.39, 0.29) is 0 Å². The van der Waals surface area contributed by atoms with Crippen molar-refractivity contribution < 1.29 is 4.74 Å². The number of anilines is 1. The lowest BCUT2D eigenvalue weighted by molar-refractivity contribution is 0.313. The highest BCUT2D eigenvalue weighted by Gasteiger charge is 1.98. The van der Waals surface area contributed by atoms with E-state index < -0.39 is 0 Å². The second kappa shape index (κ2) is 7.96. The molecule has 0 radical (unpaired) electrons. The molecule has 0 aliphatic heterocycles. The third-order valence-corrected chi connectivity index (χ3v) is 3.15. The lowest BCUT2D eigenvalue weighted by Crippen LogP contribution is -2.01. The van der Waals surface area contributed by atoms with E-state index in [4.69, 9.17) is 10.00 Å². The number of hydrogen-bond donors (Lipinski definition) is 1. The van der Waals surface area contributed by atoms with E-state index >= 15 is 0 Å². The molecule has 3 heteroatoms. The highest BCUT2D eigenvalue weighted by Crippen LogP contribution is 2.18. The van der Waals surface area contributed by atoms with Crippen LogP contribution in [0.15, 0.2) is 48.5 Å². The van der Waals surface area contributed by atoms with E-state index in [0.717, 1.165) is 24.4 Å². The van der Waals surface area contributed by atoms with Crippen LogP contribution >= 0.6 is 0 Å². The summed E-state index contributed by atoms with van der Waals surface area (Å²) in [7, 11) is 0. The molecule has 108 valence electrons. The molecule has 0 aliphatic carbocycles. The SMILES string of the molecule is Cc1ccc(CNc2cccc(OCCCC#N)c2)cc1. The minimum Gasteiger partial charge on any atom is -0.493 e. The Kier molecular flexibility index (Phi) is 5.66. The molecule has 0 amide bonds. The zero-order valence-electron chi connectivity index (χ0n) is 12.3. The average Bonchev–Trinajstić information content (AvgIpc) is 2.52. The van der Waals surface area contributed by atoms with Crippen LogP contribution in [-0.2, 0) is 6.54 Å². The number of ether oxygens (including phenoxy) is 1. The predicted molar refractivity (Wildman–Crippen MR) is 85.3 cm³/mol. The maximum absolute atomic E-state index is 8.49. The molecule has 0 heterocycles. The fourth-order valence-corrected chi connectivity index (χ4v) is 1.95. The van der Waals surface area contributed by atoms with Crippen LogP contribution in [0.2, 0.25) is 0 Å². The fraction of sp³-hybridized carbons (Fsp3) is 0.278. The van der Waals surface area contributed by atoms with E-state index in [1.54, 1.807) is 0 Å². The van der Waals surface area contributed by atoms with Gasteiger partial charge in [0.05, 0.1) is 12.7 Å². The Hall–Kier alpha value is -2.47. The average molecular weight is 280 g/mol. The summed E-state index contributed by atoms with van der Waals surface area (Å²) in [5, 5.41) is 11.9. The number of nitrogens with zero attached hydrogens (tertiary/aromatic N) is 1. The summed E-state index contributed by atoms with van der Waals surface area (Å²) in [5.41, 5.74) is 3.56. The first-order valence-corrected chi connectivity index (χ1v) is 7.17. The Labute approximate surface area is 126 Å². The Morgan fingerprint density at radius 2 is 1.95 bits per heavy atom. The maximum Gasteiger partial charge on any atom is 0.121 e. The lowest BCUT2D eigenvalue weighted by atomic mass is 10.1. The van der Waals surface area contributed by atoms with Gasteiger partial charge in [0.15, 0.2) is 0 Å². The molecule has 0 unspecified atom stereocenters. The van der Waals surface area contributed by atoms with Crippen LogP contribution in [0.3, 0.4) is 0 Å². The minimum atomic E-state index is 0.533. The first kappa shape index (κ1) is 14.9. The summed E-state index contributed by atoms with van der Waals surface area (Å²) in [6, 6.07) is 18.5. The summed E-state index contributed by atoms with van der Waals surface area (Å²) < 4.78 is 5.63. The van der Waals surface area contributed by atoms with Crippen LogP contribution in [-0.4, -0.2) is 6.61 Å². The van der Waals surface area contributed by atoms with Crippen molar-refractivity contribution in [3.63, 3.8) is 0 Å². The number of nitriles is 1. The van der Waals surface area contributed by atoms with Gasteiger partial charge in [-0.25, -0.2) is 0 Å². The van der Waals surface area contributed by atoms with Crippen molar-refractivity contribution >= 4 is 5.69 Å². The summed E-state index contributed by atoms with van der Waals surface area (Å²) >= 11 is 0. The number of hydrogen-bond acceptors (Lipinski definition) is 3. The largest absolute Gasteiger partial charge is 0.493 e. The van der Waals surface area contributed by atoms with E-state index in [9.17, 15) is 0 Å². The van der Waals surface area contributed by atoms with Gasteiger partial charge in [-0.2, -0.15) is 5.26 Å². The Bertz CT molecular complexity index is 599. The molecule has 0 spiro atoms. The first-order valence-electron chi connectivity index (χ1n) is 7.17. The number of benzene rings is 2. The Balaban J connectivity index is 1.86. The summed E-state index contributed by atoms with van der Waals surface area (Å²) in [4.78, 5) is 0. The van der Waals surface area contributed by atoms with Crippen LogP contribution in [0.25, 0.3) is 0 Å². The van der Waals surface area contributed by atoms with Gasteiger partial charge < -0.3 is 10.1 Å². The van der Waals surface area contributed by atoms with Gasteiger partial charge >= 0.3 is 0 Å². The first-order chi connectivity index (χ1) is 10.3. The van der Waals surface area contributed by atoms with E-state index in [1.807, 2.05) is 24.3 Å². The van der Waals surface area contributed by atoms with Gasteiger partial charge in [0, 0.05) is 24.7 Å². The molecule has 0 bridgehead atoms. The van der Waals surface area contributed by atoms with Crippen molar-refractivity contribution in [1.29, 1.82) is 5.26 Å². The highest BCUT2D eigenvalue weighted by atomic mass is 16.5. The molecule has 1 N–H and O–H groups in total. The quantitative estimate of drug-likeness (QED) is 0.769. The molecular weight excluding hydrogens is 260 g/mol. The Morgan fingerprint density at radius 3 is 2.71 bits per heavy atom. The monoisotopic (exact) mass is 280 g/mol. The molecule has 0 aliphatic rings. The molecule has 3 nitrogen and oxygen atoms in total. The number of nitrogens with one attached hydrogen (secondary N) is 1. The molecule has 2 rings (SSSR count). The fourth-order valence-electron chi connectivity index (χ4n) is 1.95. The zero-order chi connectivity index (χ0) is 14.9. The maximum atomic E-state index is 8.49. The van der Waals surface area contributed by atoms with E-state index in [1.165, 1.54) is 11.1 Å². The van der Waals surface area contributed by atoms with Crippen LogP contribution in [0.5, 0.6) is 5.75 Å². The molecule has 0 aromatic heterocycles. The van der Waals surface area contributed by atoms with Gasteiger partial charge in [-0.3, -0.25) is 0 Å². The van der Waals surface area contributed by atoms with Gasteiger partial charge in [0.2, 0.25) is 0 Å². The lowest BCUT2D eigenvalue weighted by Gasteiger charge is -2.10. The van der Waals surface area contributed by atoms with Crippen molar-refractivity contribution in [2.24, 2.45) is 0 Å². The second-order valence-electron chi connectivity index (χ2n) is 4.98. The van der Waals surface area contributed by atoms with Gasteiger partial charge in [-0.15, -0.1) is 0 Å². The summed E-state index contributed by atoms with van der Waals surface area (Å²) in [6.45, 7) is 3.46. The summed E-state index contributed by atoms with van der Waals surface area (Å²) in [5.74, 6) is 0.835. The van der Waals surface area contributed by atoms with Crippen molar-refractivity contribution in [3.05, 3.63) is 59.7 Å². The van der Waals surface area contributed by atoms with Gasteiger partial charge in [-0.1, -0.05) is 35.9 Å². The third-order valence-electron chi connectivity index (χ3n) is 3.15. The van der Waals surface area contributed by atoms with Crippen molar-refractivity contribution in [2.75, 3.05) is 11.9 Å². The van der Waals surface area contributed by atoms with Gasteiger partial charge in [-0.05, 0) is 31.0 Å². The summed E-state index contributed by atoms with van der Waals surface area (Å²) in [6.07, 6.45) is 1.29. The zero-order valence-corrected chi connectivity index (χ0v) is 12.3. The smallest absolute Gasteiger partial charge is 0.121 e. The Morgan fingerprint density at radius 1 is 1.14 bits per heavy atom. The molecule has 21 heavy (non-hydrogen) atoms. The van der Waals surface area contributed by atoms with Crippen molar-refractivity contribution in [3.8, 4) is 11.8 Å². The number of aryl methyl sites for hydroxylation is 1. The molecule has 0 saturated carbocycles. The topological polar surface area (TPSA) is 45.0 Å². The normalized spacial score (nSPS) is 9.90. The third kappa shape index (κ3) is 5.19. The molecule has 2 aromatic carbocycles. The molecule has 2 aromatic rings. The standard InChI is InChI=1S/C18H20N2O/c1-15-7-9-16(10-8-15)14-20-17-5-4-6-18(13-17)21-12-3-2-11-19/h4-10,13,20H,2-3,12,14H2,1H3. The second-order valence-corrected chi connectivity index (χ2v) is 4.98. The molecular formula is C18H20N2O. The van der Waals surface area contributed by atoms with E-state index in [2.05, 4.69) is 42.6 Å². The van der Waals surface area contributed by atoms with Crippen LogP contribution in [0.1, 0.15) is 24.0 Å². The molecule has 0 saturated heterocycles. The van der Waals surface area contributed by atoms with Crippen LogP contribution in [0, 0.1) is 18.3 Å². The van der Waals surface area contributed by atoms with Gasteiger partial charge in [0.1, 0.15) is 5.75 Å². The number of rotatable bonds is 7. The molecule has 0 fully saturated rings. The number of unbranched alkanes of at least 4 members (excludes halogenated alkanes) is 1. The highest BCUT2D eigenvalue weighted by molar-refractivity contribution is 5.48. The van der Waals surface area contributed by atoms with Crippen LogP contribution < -0.4 is 10.1 Å². The van der Waals surface area contributed by atoms with Crippen molar-refractivity contribution in [2.45, 2.75) is 26.3 Å². The van der Waals surface area contributed by atoms with Gasteiger partial charge in [0.25, 0.3) is 0 Å². The van der Waals surface area contributed by atoms with Crippen LogP contribution in [0.4, 0.5) is 5.69 Å². The minimum absolute atomic E-state index is 0.533.